The van der Waals surface area contributed by atoms with Gasteiger partial charge in [0.25, 0.3) is 5.88 Å². The second kappa shape index (κ2) is 4.90. The quantitative estimate of drug-likeness (QED) is 0.511. The molecule has 0 atom stereocenters. The van der Waals surface area contributed by atoms with Crippen molar-refractivity contribution in [2.75, 3.05) is 0 Å². The Hall–Kier alpha value is -2.33. The lowest BCUT2D eigenvalue weighted by Crippen LogP contribution is -1.86. The predicted octanol–water partition coefficient (Wildman–Crippen LogP) is 5.04. The van der Waals surface area contributed by atoms with E-state index in [2.05, 4.69) is 33.0 Å². The fraction of sp³-hybridized carbons (Fsp3) is 0. The maximum atomic E-state index is 5.92. The van der Waals surface area contributed by atoms with Crippen molar-refractivity contribution >= 4 is 32.3 Å². The van der Waals surface area contributed by atoms with Gasteiger partial charge in [0.05, 0.1) is 0 Å². The first-order valence-electron chi connectivity index (χ1n) is 6.60. The number of imidazole rings is 1. The number of halogens is 1. The lowest BCUT2D eigenvalue weighted by atomic mass is 10.1. The summed E-state index contributed by atoms with van der Waals surface area (Å²) in [6.07, 6.45) is 1.94. The van der Waals surface area contributed by atoms with Crippen molar-refractivity contribution in [3.05, 3.63) is 71.5 Å². The third-order valence-corrected chi connectivity index (χ3v) is 4.10. The lowest BCUT2D eigenvalue weighted by Gasteiger charge is -2.04. The molecule has 2 aromatic heterocycles. The van der Waals surface area contributed by atoms with E-state index in [4.69, 9.17) is 4.74 Å². The number of pyridine rings is 1. The molecule has 0 saturated carbocycles. The molecule has 0 aliphatic rings. The third kappa shape index (κ3) is 2.17. The van der Waals surface area contributed by atoms with Gasteiger partial charge in [-0.25, -0.2) is 0 Å². The molecule has 21 heavy (non-hydrogen) atoms. The molecule has 0 saturated heterocycles. The summed E-state index contributed by atoms with van der Waals surface area (Å²) in [6.45, 7) is 0. The molecule has 3 nitrogen and oxygen atoms in total. The zero-order chi connectivity index (χ0) is 14.2. The van der Waals surface area contributed by atoms with E-state index in [-0.39, 0.29) is 0 Å². The average molecular weight is 339 g/mol. The number of rotatable bonds is 2. The molecule has 0 bridgehead atoms. The van der Waals surface area contributed by atoms with Gasteiger partial charge < -0.3 is 4.74 Å². The normalized spacial score (nSPS) is 11.1. The SMILES string of the molecule is Brc1c(Oc2ccc3ccccc3c2)nc2ccccn12. The van der Waals surface area contributed by atoms with E-state index < -0.39 is 0 Å². The van der Waals surface area contributed by atoms with Crippen LogP contribution in [0.25, 0.3) is 16.4 Å². The van der Waals surface area contributed by atoms with Gasteiger partial charge in [-0.1, -0.05) is 36.4 Å². The van der Waals surface area contributed by atoms with Crippen LogP contribution in [0.1, 0.15) is 0 Å². The molecule has 0 amide bonds. The van der Waals surface area contributed by atoms with E-state index in [0.717, 1.165) is 21.4 Å². The Morgan fingerprint density at radius 1 is 0.905 bits per heavy atom. The first-order valence-corrected chi connectivity index (χ1v) is 7.40. The summed E-state index contributed by atoms with van der Waals surface area (Å²) in [7, 11) is 0. The molecule has 0 unspecified atom stereocenters. The standard InChI is InChI=1S/C17H11BrN2O/c18-16-17(19-15-7-3-4-10-20(15)16)21-14-9-8-12-5-1-2-6-13(12)11-14/h1-11H. The second-order valence-electron chi connectivity index (χ2n) is 4.75. The Labute approximate surface area is 129 Å². The van der Waals surface area contributed by atoms with E-state index in [1.807, 2.05) is 59.1 Å². The minimum Gasteiger partial charge on any atom is -0.437 e. The number of fused-ring (bicyclic) bond motifs is 2. The van der Waals surface area contributed by atoms with Gasteiger partial charge in [-0.05, 0) is 51.0 Å². The third-order valence-electron chi connectivity index (χ3n) is 3.38. The van der Waals surface area contributed by atoms with Gasteiger partial charge in [-0.3, -0.25) is 4.40 Å². The number of benzene rings is 2. The van der Waals surface area contributed by atoms with Crippen LogP contribution in [0.15, 0.2) is 71.5 Å². The van der Waals surface area contributed by atoms with Crippen molar-refractivity contribution in [1.29, 1.82) is 0 Å². The topological polar surface area (TPSA) is 26.5 Å². The summed E-state index contributed by atoms with van der Waals surface area (Å²) < 4.78 is 8.68. The summed E-state index contributed by atoms with van der Waals surface area (Å²) in [5, 5.41) is 2.34. The summed E-state index contributed by atoms with van der Waals surface area (Å²) in [6, 6.07) is 20.1. The lowest BCUT2D eigenvalue weighted by molar-refractivity contribution is 0.463. The number of nitrogens with zero attached hydrogens (tertiary/aromatic N) is 2. The molecule has 4 heteroatoms. The molecule has 0 radical (unpaired) electrons. The molecule has 0 fully saturated rings. The summed E-state index contributed by atoms with van der Waals surface area (Å²) in [5.74, 6) is 1.34. The van der Waals surface area contributed by atoms with Crippen molar-refractivity contribution in [2.45, 2.75) is 0 Å². The molecule has 0 N–H and O–H groups in total. The van der Waals surface area contributed by atoms with Crippen molar-refractivity contribution in [1.82, 2.24) is 9.38 Å². The molecule has 0 spiro atoms. The first-order chi connectivity index (χ1) is 10.3. The van der Waals surface area contributed by atoms with Gasteiger partial charge in [-0.15, -0.1) is 0 Å². The zero-order valence-corrected chi connectivity index (χ0v) is 12.6. The Morgan fingerprint density at radius 3 is 2.57 bits per heavy atom. The van der Waals surface area contributed by atoms with Crippen molar-refractivity contribution in [3.63, 3.8) is 0 Å². The van der Waals surface area contributed by atoms with E-state index in [9.17, 15) is 0 Å². The fourth-order valence-electron chi connectivity index (χ4n) is 2.35. The van der Waals surface area contributed by atoms with Crippen LogP contribution in [-0.4, -0.2) is 9.38 Å². The van der Waals surface area contributed by atoms with Gasteiger partial charge in [0.1, 0.15) is 11.4 Å². The molecular weight excluding hydrogens is 328 g/mol. The van der Waals surface area contributed by atoms with Crippen LogP contribution < -0.4 is 4.74 Å². The highest BCUT2D eigenvalue weighted by Crippen LogP contribution is 2.31. The van der Waals surface area contributed by atoms with Gasteiger partial charge in [0, 0.05) is 6.20 Å². The predicted molar refractivity (Wildman–Crippen MR) is 86.9 cm³/mol. The monoisotopic (exact) mass is 338 g/mol. The van der Waals surface area contributed by atoms with Gasteiger partial charge in [-0.2, -0.15) is 4.98 Å². The molecule has 2 heterocycles. The van der Waals surface area contributed by atoms with E-state index in [1.54, 1.807) is 0 Å². The zero-order valence-electron chi connectivity index (χ0n) is 11.0. The summed E-state index contributed by atoms with van der Waals surface area (Å²) in [5.41, 5.74) is 0.847. The number of hydrogen-bond acceptors (Lipinski definition) is 2. The highest BCUT2D eigenvalue weighted by Gasteiger charge is 2.11. The van der Waals surface area contributed by atoms with Crippen molar-refractivity contribution < 1.29 is 4.74 Å². The van der Waals surface area contributed by atoms with Gasteiger partial charge in [0.15, 0.2) is 4.60 Å². The smallest absolute Gasteiger partial charge is 0.253 e. The van der Waals surface area contributed by atoms with Crippen LogP contribution in [0.4, 0.5) is 0 Å². The van der Waals surface area contributed by atoms with E-state index >= 15 is 0 Å². The molecular formula is C17H11BrN2O. The first kappa shape index (κ1) is 12.4. The number of ether oxygens (including phenoxy) is 1. The Bertz CT molecular complexity index is 946. The van der Waals surface area contributed by atoms with E-state index in [1.165, 1.54) is 5.39 Å². The van der Waals surface area contributed by atoms with Gasteiger partial charge >= 0.3 is 0 Å². The minimum absolute atomic E-state index is 0.566. The van der Waals surface area contributed by atoms with Crippen LogP contribution >= 0.6 is 15.9 Å². The fourth-order valence-corrected chi connectivity index (χ4v) is 2.82. The molecule has 102 valence electrons. The molecule has 0 aliphatic heterocycles. The van der Waals surface area contributed by atoms with Crippen LogP contribution in [0, 0.1) is 0 Å². The molecule has 0 aliphatic carbocycles. The van der Waals surface area contributed by atoms with Crippen molar-refractivity contribution in [2.24, 2.45) is 0 Å². The van der Waals surface area contributed by atoms with Crippen LogP contribution in [0.3, 0.4) is 0 Å². The Morgan fingerprint density at radius 2 is 1.71 bits per heavy atom. The highest BCUT2D eigenvalue weighted by atomic mass is 79.9. The second-order valence-corrected chi connectivity index (χ2v) is 5.50. The van der Waals surface area contributed by atoms with E-state index in [0.29, 0.717) is 5.88 Å². The highest BCUT2D eigenvalue weighted by molar-refractivity contribution is 9.10. The van der Waals surface area contributed by atoms with Crippen LogP contribution in [0.5, 0.6) is 11.6 Å². The maximum absolute atomic E-state index is 5.92. The molecule has 4 aromatic rings. The Balaban J connectivity index is 1.77. The van der Waals surface area contributed by atoms with Crippen molar-refractivity contribution in [3.8, 4) is 11.6 Å². The Kier molecular flexibility index (Phi) is 2.89. The molecule has 4 rings (SSSR count). The molecule has 2 aromatic carbocycles. The summed E-state index contributed by atoms with van der Waals surface area (Å²) >= 11 is 3.53. The van der Waals surface area contributed by atoms with Crippen LogP contribution in [0.2, 0.25) is 0 Å². The average Bonchev–Trinajstić information content (AvgIpc) is 2.84. The number of aromatic nitrogens is 2. The number of hydrogen-bond donors (Lipinski definition) is 0. The maximum Gasteiger partial charge on any atom is 0.253 e. The minimum atomic E-state index is 0.566. The largest absolute Gasteiger partial charge is 0.437 e. The summed E-state index contributed by atoms with van der Waals surface area (Å²) in [4.78, 5) is 4.48. The van der Waals surface area contributed by atoms with Gasteiger partial charge in [0.2, 0.25) is 0 Å². The van der Waals surface area contributed by atoms with Crippen LogP contribution in [-0.2, 0) is 0 Å².